The molecule has 2 aromatic rings. The molecule has 3 nitrogen and oxygen atoms in total. The zero-order valence-electron chi connectivity index (χ0n) is 13.4. The number of carbonyl (C=O) groups is 1. The van der Waals surface area contributed by atoms with Gasteiger partial charge in [-0.1, -0.05) is 43.3 Å². The van der Waals surface area contributed by atoms with Crippen LogP contribution in [-0.2, 0) is 17.6 Å². The Hall–Kier alpha value is -2.00. The van der Waals surface area contributed by atoms with Crippen LogP contribution in [0.15, 0.2) is 48.5 Å². The van der Waals surface area contributed by atoms with Gasteiger partial charge < -0.3 is 10.6 Å². The molecule has 0 aromatic heterocycles. The Bertz CT molecular complexity index is 669. The maximum Gasteiger partial charge on any atom is 0.227 e. The van der Waals surface area contributed by atoms with Crippen LogP contribution in [0.4, 0.5) is 5.69 Å². The van der Waals surface area contributed by atoms with Crippen LogP contribution in [0.25, 0.3) is 0 Å². The molecule has 1 amide bonds. The second-order valence-electron chi connectivity index (χ2n) is 5.88. The largest absolute Gasteiger partial charge is 0.399 e. The fourth-order valence-corrected chi connectivity index (χ4v) is 3.30. The highest BCUT2D eigenvalue weighted by Crippen LogP contribution is 2.32. The lowest BCUT2D eigenvalue weighted by molar-refractivity contribution is -0.133. The number of benzene rings is 2. The van der Waals surface area contributed by atoms with Gasteiger partial charge in [-0.3, -0.25) is 4.79 Å². The standard InChI is InChI=1S/C19H22N2O.ClH/c1-2-18-17-6-4-3-5-15(17)11-12-21(18)19(22)13-14-7-9-16(20)10-8-14;/h3-10,18H,2,11-13,20H2,1H3;1H. The minimum atomic E-state index is 0. The Morgan fingerprint density at radius 3 is 2.57 bits per heavy atom. The third-order valence-corrected chi connectivity index (χ3v) is 4.45. The minimum Gasteiger partial charge on any atom is -0.399 e. The lowest BCUT2D eigenvalue weighted by Gasteiger charge is -2.37. The molecule has 3 rings (SSSR count). The highest BCUT2D eigenvalue weighted by Gasteiger charge is 2.28. The maximum atomic E-state index is 12.7. The van der Waals surface area contributed by atoms with Crippen molar-refractivity contribution >= 4 is 24.0 Å². The van der Waals surface area contributed by atoms with Gasteiger partial charge in [0.1, 0.15) is 0 Å². The van der Waals surface area contributed by atoms with Crippen LogP contribution >= 0.6 is 12.4 Å². The summed E-state index contributed by atoms with van der Waals surface area (Å²) in [4.78, 5) is 14.8. The molecule has 23 heavy (non-hydrogen) atoms. The van der Waals surface area contributed by atoms with Gasteiger partial charge in [0.05, 0.1) is 12.5 Å². The molecule has 1 unspecified atom stereocenters. The average molecular weight is 331 g/mol. The van der Waals surface area contributed by atoms with Gasteiger partial charge in [-0.05, 0) is 41.7 Å². The van der Waals surface area contributed by atoms with E-state index in [0.29, 0.717) is 6.42 Å². The first-order valence-electron chi connectivity index (χ1n) is 7.90. The number of halogens is 1. The van der Waals surface area contributed by atoms with Crippen molar-refractivity contribution in [1.82, 2.24) is 4.90 Å². The summed E-state index contributed by atoms with van der Waals surface area (Å²) < 4.78 is 0. The molecule has 0 aliphatic carbocycles. The predicted octanol–water partition coefficient (Wildman–Crippen LogP) is 3.77. The lowest BCUT2D eigenvalue weighted by atomic mass is 9.90. The third-order valence-electron chi connectivity index (χ3n) is 4.45. The normalized spacial score (nSPS) is 16.4. The molecule has 1 heterocycles. The summed E-state index contributed by atoms with van der Waals surface area (Å²) in [6.45, 7) is 2.96. The molecule has 0 bridgehead atoms. The SMILES string of the molecule is CCC1c2ccccc2CCN1C(=O)Cc1ccc(N)cc1.Cl. The minimum absolute atomic E-state index is 0. The Kier molecular flexibility index (Phi) is 5.67. The number of carbonyl (C=O) groups excluding carboxylic acids is 1. The zero-order valence-corrected chi connectivity index (χ0v) is 14.2. The molecule has 0 radical (unpaired) electrons. The number of hydrogen-bond acceptors (Lipinski definition) is 2. The summed E-state index contributed by atoms with van der Waals surface area (Å²) in [6, 6.07) is 16.3. The van der Waals surface area contributed by atoms with Gasteiger partial charge >= 0.3 is 0 Å². The van der Waals surface area contributed by atoms with Gasteiger partial charge in [-0.15, -0.1) is 12.4 Å². The number of anilines is 1. The van der Waals surface area contributed by atoms with Crippen molar-refractivity contribution in [3.63, 3.8) is 0 Å². The van der Waals surface area contributed by atoms with E-state index in [4.69, 9.17) is 5.73 Å². The van der Waals surface area contributed by atoms with Gasteiger partial charge in [0.25, 0.3) is 0 Å². The van der Waals surface area contributed by atoms with Crippen LogP contribution in [0.3, 0.4) is 0 Å². The topological polar surface area (TPSA) is 46.3 Å². The van der Waals surface area contributed by atoms with Crippen molar-refractivity contribution in [3.8, 4) is 0 Å². The van der Waals surface area contributed by atoms with Crippen molar-refractivity contribution in [1.29, 1.82) is 0 Å². The van der Waals surface area contributed by atoms with E-state index in [1.807, 2.05) is 29.2 Å². The fourth-order valence-electron chi connectivity index (χ4n) is 3.30. The van der Waals surface area contributed by atoms with Gasteiger partial charge in [0, 0.05) is 12.2 Å². The van der Waals surface area contributed by atoms with Gasteiger partial charge in [0.15, 0.2) is 0 Å². The van der Waals surface area contributed by atoms with E-state index in [0.717, 1.165) is 30.6 Å². The molecular weight excluding hydrogens is 308 g/mol. The van der Waals surface area contributed by atoms with E-state index in [1.165, 1.54) is 11.1 Å². The third kappa shape index (κ3) is 3.67. The average Bonchev–Trinajstić information content (AvgIpc) is 2.55. The molecule has 0 saturated carbocycles. The van der Waals surface area contributed by atoms with Crippen molar-refractivity contribution < 1.29 is 4.79 Å². The highest BCUT2D eigenvalue weighted by molar-refractivity contribution is 5.85. The summed E-state index contributed by atoms with van der Waals surface area (Å²) in [6.07, 6.45) is 2.34. The first-order chi connectivity index (χ1) is 10.7. The van der Waals surface area contributed by atoms with Gasteiger partial charge in [0.2, 0.25) is 5.91 Å². The number of nitrogens with two attached hydrogens (primary N) is 1. The summed E-state index contributed by atoms with van der Waals surface area (Å²) >= 11 is 0. The quantitative estimate of drug-likeness (QED) is 0.871. The first kappa shape index (κ1) is 17.4. The van der Waals surface area contributed by atoms with Crippen molar-refractivity contribution in [2.45, 2.75) is 32.2 Å². The van der Waals surface area contributed by atoms with Crippen LogP contribution in [0.2, 0.25) is 0 Å². The molecule has 2 N–H and O–H groups in total. The highest BCUT2D eigenvalue weighted by atomic mass is 35.5. The predicted molar refractivity (Wildman–Crippen MR) is 96.7 cm³/mol. The molecule has 0 spiro atoms. The summed E-state index contributed by atoms with van der Waals surface area (Å²) in [5.41, 5.74) is 10.1. The van der Waals surface area contributed by atoms with Crippen LogP contribution < -0.4 is 5.73 Å². The molecule has 122 valence electrons. The lowest BCUT2D eigenvalue weighted by Crippen LogP contribution is -2.40. The Morgan fingerprint density at radius 2 is 1.87 bits per heavy atom. The van der Waals surface area contributed by atoms with Crippen molar-refractivity contribution in [3.05, 3.63) is 65.2 Å². The molecule has 2 aromatic carbocycles. The van der Waals surface area contributed by atoms with E-state index >= 15 is 0 Å². The van der Waals surface area contributed by atoms with Crippen LogP contribution in [-0.4, -0.2) is 17.4 Å². The van der Waals surface area contributed by atoms with E-state index in [1.54, 1.807) is 0 Å². The monoisotopic (exact) mass is 330 g/mol. The molecule has 1 aliphatic heterocycles. The molecule has 0 fully saturated rings. The number of amides is 1. The van der Waals surface area contributed by atoms with E-state index in [9.17, 15) is 4.79 Å². The van der Waals surface area contributed by atoms with Crippen molar-refractivity contribution in [2.24, 2.45) is 0 Å². The molecule has 1 aliphatic rings. The number of rotatable bonds is 3. The maximum absolute atomic E-state index is 12.7. The molecule has 0 saturated heterocycles. The molecular formula is C19H23ClN2O. The van der Waals surface area contributed by atoms with Gasteiger partial charge in [-0.2, -0.15) is 0 Å². The summed E-state index contributed by atoms with van der Waals surface area (Å²) in [5, 5.41) is 0. The number of nitrogens with zero attached hydrogens (tertiary/aromatic N) is 1. The zero-order chi connectivity index (χ0) is 15.5. The number of fused-ring (bicyclic) bond motifs is 1. The van der Waals surface area contributed by atoms with E-state index in [-0.39, 0.29) is 24.4 Å². The van der Waals surface area contributed by atoms with Gasteiger partial charge in [-0.25, -0.2) is 0 Å². The fraction of sp³-hybridized carbons (Fsp3) is 0.316. The van der Waals surface area contributed by atoms with Crippen molar-refractivity contribution in [2.75, 3.05) is 12.3 Å². The Balaban J connectivity index is 0.00000192. The number of nitrogen functional groups attached to an aromatic ring is 1. The smallest absolute Gasteiger partial charge is 0.227 e. The molecule has 1 atom stereocenters. The van der Waals surface area contributed by atoms with E-state index < -0.39 is 0 Å². The summed E-state index contributed by atoms with van der Waals surface area (Å²) in [7, 11) is 0. The Morgan fingerprint density at radius 1 is 1.17 bits per heavy atom. The van der Waals surface area contributed by atoms with Crippen LogP contribution in [0.5, 0.6) is 0 Å². The van der Waals surface area contributed by atoms with E-state index in [2.05, 4.69) is 31.2 Å². The summed E-state index contributed by atoms with van der Waals surface area (Å²) in [5.74, 6) is 0.200. The first-order valence-corrected chi connectivity index (χ1v) is 7.90. The van der Waals surface area contributed by atoms with Crippen LogP contribution in [0, 0.1) is 0 Å². The Labute approximate surface area is 143 Å². The second kappa shape index (κ2) is 7.51. The second-order valence-corrected chi connectivity index (χ2v) is 5.88. The molecule has 4 heteroatoms. The number of hydrogen-bond donors (Lipinski definition) is 1. The van der Waals surface area contributed by atoms with Crippen LogP contribution in [0.1, 0.15) is 36.1 Å².